The van der Waals surface area contributed by atoms with Gasteiger partial charge in [-0.15, -0.1) is 0 Å². The van der Waals surface area contributed by atoms with Gasteiger partial charge in [0.05, 0.1) is 0 Å². The quantitative estimate of drug-likeness (QED) is 0.611. The topological polar surface area (TPSA) is 49.9 Å². The molecule has 0 spiro atoms. The fourth-order valence-corrected chi connectivity index (χ4v) is 4.09. The van der Waals surface area contributed by atoms with Crippen LogP contribution in [0.5, 0.6) is 5.75 Å². The van der Waals surface area contributed by atoms with Gasteiger partial charge in [0.15, 0.2) is 6.10 Å². The summed E-state index contributed by atoms with van der Waals surface area (Å²) < 4.78 is 6.10. The molecule has 0 bridgehead atoms. The van der Waals surface area contributed by atoms with Crippen molar-refractivity contribution in [1.29, 1.82) is 0 Å². The lowest BCUT2D eigenvalue weighted by Gasteiger charge is -2.22. The minimum atomic E-state index is -0.535. The van der Waals surface area contributed by atoms with Crippen LogP contribution in [0.1, 0.15) is 30.1 Å². The molecule has 5 nitrogen and oxygen atoms in total. The molecule has 3 aromatic rings. The normalized spacial score (nSPS) is 14.5. The van der Waals surface area contributed by atoms with Crippen molar-refractivity contribution >= 4 is 22.6 Å². The van der Waals surface area contributed by atoms with Crippen LogP contribution in [0.2, 0.25) is 0 Å². The van der Waals surface area contributed by atoms with E-state index >= 15 is 0 Å². The molecule has 1 aliphatic rings. The highest BCUT2D eigenvalue weighted by Gasteiger charge is 2.24. The number of nitrogens with zero attached hydrogens (tertiary/aromatic N) is 2. The Morgan fingerprint density at radius 2 is 1.65 bits per heavy atom. The zero-order chi connectivity index (χ0) is 22.0. The third-order valence-electron chi connectivity index (χ3n) is 5.76. The lowest BCUT2D eigenvalue weighted by Crippen LogP contribution is -2.38. The highest BCUT2D eigenvalue weighted by Crippen LogP contribution is 2.34. The van der Waals surface area contributed by atoms with Gasteiger partial charge in [0.25, 0.3) is 11.8 Å². The molecule has 0 radical (unpaired) electrons. The molecule has 1 aliphatic heterocycles. The first kappa shape index (κ1) is 20.9. The van der Waals surface area contributed by atoms with Crippen LogP contribution in [0.15, 0.2) is 60.7 Å². The number of hydrogen-bond donors (Lipinski definition) is 0. The summed E-state index contributed by atoms with van der Waals surface area (Å²) in [5.74, 6) is 0.684. The van der Waals surface area contributed by atoms with Crippen LogP contribution in [0.3, 0.4) is 0 Å². The van der Waals surface area contributed by atoms with Crippen LogP contribution in [-0.4, -0.2) is 54.9 Å². The number of hydrogen-bond acceptors (Lipinski definition) is 3. The Bertz CT molecular complexity index is 1100. The number of amides is 2. The maximum Gasteiger partial charge on any atom is 0.263 e. The van der Waals surface area contributed by atoms with E-state index < -0.39 is 6.10 Å². The van der Waals surface area contributed by atoms with E-state index in [1.807, 2.05) is 66.4 Å². The van der Waals surface area contributed by atoms with Gasteiger partial charge in [-0.3, -0.25) is 9.59 Å². The van der Waals surface area contributed by atoms with Gasteiger partial charge in [-0.05, 0) is 65.9 Å². The Balaban J connectivity index is 1.67. The number of ether oxygens (including phenoxy) is 1. The maximum atomic E-state index is 12.7. The number of fused-ring (bicyclic) bond motifs is 1. The van der Waals surface area contributed by atoms with Crippen LogP contribution >= 0.6 is 0 Å². The Hall–Kier alpha value is -3.34. The van der Waals surface area contributed by atoms with Crippen molar-refractivity contribution in [2.24, 2.45) is 0 Å². The van der Waals surface area contributed by atoms with Crippen molar-refractivity contribution in [1.82, 2.24) is 9.80 Å². The highest BCUT2D eigenvalue weighted by atomic mass is 16.5. The Morgan fingerprint density at radius 1 is 0.968 bits per heavy atom. The number of benzene rings is 3. The van der Waals surface area contributed by atoms with E-state index in [4.69, 9.17) is 4.74 Å². The summed E-state index contributed by atoms with van der Waals surface area (Å²) in [6.45, 7) is 3.44. The van der Waals surface area contributed by atoms with E-state index in [-0.39, 0.29) is 11.8 Å². The molecular weight excluding hydrogens is 388 g/mol. The Morgan fingerprint density at radius 3 is 2.32 bits per heavy atom. The maximum absolute atomic E-state index is 12.7. The van der Waals surface area contributed by atoms with E-state index in [0.717, 1.165) is 47.8 Å². The van der Waals surface area contributed by atoms with Gasteiger partial charge >= 0.3 is 0 Å². The second kappa shape index (κ2) is 8.80. The average Bonchev–Trinajstić information content (AvgIpc) is 3.32. The fourth-order valence-electron chi connectivity index (χ4n) is 4.09. The molecule has 5 heteroatoms. The summed E-state index contributed by atoms with van der Waals surface area (Å²) in [4.78, 5) is 28.4. The second-order valence-corrected chi connectivity index (χ2v) is 8.26. The molecule has 2 amide bonds. The van der Waals surface area contributed by atoms with Gasteiger partial charge in [-0.25, -0.2) is 0 Å². The van der Waals surface area contributed by atoms with E-state index in [2.05, 4.69) is 6.07 Å². The summed E-state index contributed by atoms with van der Waals surface area (Å²) in [5, 5.41) is 2.14. The second-order valence-electron chi connectivity index (χ2n) is 8.26. The first-order chi connectivity index (χ1) is 14.9. The Labute approximate surface area is 183 Å². The first-order valence-corrected chi connectivity index (χ1v) is 10.7. The lowest BCUT2D eigenvalue weighted by molar-refractivity contribution is -0.136. The van der Waals surface area contributed by atoms with Crippen molar-refractivity contribution in [2.45, 2.75) is 25.9 Å². The fraction of sp³-hybridized carbons (Fsp3) is 0.308. The molecule has 1 fully saturated rings. The third-order valence-corrected chi connectivity index (χ3v) is 5.76. The molecule has 1 saturated heterocycles. The summed E-state index contributed by atoms with van der Waals surface area (Å²) >= 11 is 0. The van der Waals surface area contributed by atoms with E-state index in [1.54, 1.807) is 19.0 Å². The molecule has 0 N–H and O–H groups in total. The van der Waals surface area contributed by atoms with Crippen LogP contribution < -0.4 is 4.74 Å². The Kier molecular flexibility index (Phi) is 5.94. The summed E-state index contributed by atoms with van der Waals surface area (Å²) in [6, 6.07) is 19.7. The molecule has 3 aromatic carbocycles. The van der Waals surface area contributed by atoms with Gasteiger partial charge in [-0.1, -0.05) is 36.4 Å². The zero-order valence-corrected chi connectivity index (χ0v) is 18.3. The molecule has 0 aliphatic carbocycles. The number of rotatable bonds is 5. The summed E-state index contributed by atoms with van der Waals surface area (Å²) in [5.41, 5.74) is 2.66. The van der Waals surface area contributed by atoms with Crippen LogP contribution in [0.4, 0.5) is 0 Å². The highest BCUT2D eigenvalue weighted by molar-refractivity contribution is 5.99. The molecule has 1 unspecified atom stereocenters. The first-order valence-electron chi connectivity index (χ1n) is 10.7. The van der Waals surface area contributed by atoms with Crippen molar-refractivity contribution in [3.8, 4) is 16.9 Å². The van der Waals surface area contributed by atoms with E-state index in [9.17, 15) is 9.59 Å². The largest absolute Gasteiger partial charge is 0.481 e. The van der Waals surface area contributed by atoms with Crippen molar-refractivity contribution < 1.29 is 14.3 Å². The van der Waals surface area contributed by atoms with Gasteiger partial charge in [0, 0.05) is 32.7 Å². The standard InChI is InChI=1S/C26H28N2O3/c1-18(25(29)28-14-6-7-15-28)31-22-16-21-8-4-5-9-23(21)24(17-22)19-10-12-20(13-11-19)26(30)27(2)3/h4-5,8-13,16-18H,6-7,14-15H2,1-3H3. The van der Waals surface area contributed by atoms with E-state index in [0.29, 0.717) is 11.3 Å². The van der Waals surface area contributed by atoms with Crippen LogP contribution in [-0.2, 0) is 4.79 Å². The number of carbonyl (C=O) groups is 2. The van der Waals surface area contributed by atoms with E-state index in [1.165, 1.54) is 0 Å². The molecule has 4 rings (SSSR count). The molecule has 1 atom stereocenters. The average molecular weight is 417 g/mol. The van der Waals surface area contributed by atoms with Gasteiger partial charge in [0.2, 0.25) is 0 Å². The summed E-state index contributed by atoms with van der Waals surface area (Å²) in [6.07, 6.45) is 1.59. The van der Waals surface area contributed by atoms with Crippen molar-refractivity contribution in [3.05, 3.63) is 66.2 Å². The SMILES string of the molecule is CC(Oc1cc(-c2ccc(C(=O)N(C)C)cc2)c2ccccc2c1)C(=O)N1CCCC1. The molecule has 31 heavy (non-hydrogen) atoms. The van der Waals surface area contributed by atoms with Gasteiger partial charge in [-0.2, -0.15) is 0 Å². The molecule has 1 heterocycles. The minimum Gasteiger partial charge on any atom is -0.481 e. The summed E-state index contributed by atoms with van der Waals surface area (Å²) in [7, 11) is 3.49. The molecule has 160 valence electrons. The monoisotopic (exact) mass is 416 g/mol. The number of likely N-dealkylation sites (tertiary alicyclic amines) is 1. The molecule has 0 aromatic heterocycles. The van der Waals surface area contributed by atoms with Crippen molar-refractivity contribution in [2.75, 3.05) is 27.2 Å². The lowest BCUT2D eigenvalue weighted by atomic mass is 9.97. The zero-order valence-electron chi connectivity index (χ0n) is 18.3. The minimum absolute atomic E-state index is 0.0252. The smallest absolute Gasteiger partial charge is 0.263 e. The van der Waals surface area contributed by atoms with Crippen LogP contribution in [0, 0.1) is 0 Å². The predicted octanol–water partition coefficient (Wildman–Crippen LogP) is 4.60. The van der Waals surface area contributed by atoms with Crippen molar-refractivity contribution in [3.63, 3.8) is 0 Å². The molecule has 0 saturated carbocycles. The van der Waals surface area contributed by atoms with Gasteiger partial charge in [0.1, 0.15) is 5.75 Å². The van der Waals surface area contributed by atoms with Gasteiger partial charge < -0.3 is 14.5 Å². The predicted molar refractivity (Wildman–Crippen MR) is 123 cm³/mol. The third kappa shape index (κ3) is 4.41. The number of carbonyl (C=O) groups excluding carboxylic acids is 2. The molecular formula is C26H28N2O3. The van der Waals surface area contributed by atoms with Crippen LogP contribution in [0.25, 0.3) is 21.9 Å².